The lowest BCUT2D eigenvalue weighted by molar-refractivity contribution is 0.380. The summed E-state index contributed by atoms with van der Waals surface area (Å²) < 4.78 is 5.16. The van der Waals surface area contributed by atoms with Crippen LogP contribution in [0.5, 0.6) is 0 Å². The Balaban J connectivity index is 2.09. The van der Waals surface area contributed by atoms with E-state index in [1.165, 1.54) is 21.6 Å². The van der Waals surface area contributed by atoms with Gasteiger partial charge < -0.3 is 4.74 Å². The molecule has 0 aliphatic carbocycles. The van der Waals surface area contributed by atoms with Crippen molar-refractivity contribution >= 4 is 9.52 Å². The molecule has 2 rings (SSSR count). The molecule has 2 saturated heterocycles. The van der Waals surface area contributed by atoms with Gasteiger partial charge in [0.2, 0.25) is 0 Å². The highest BCUT2D eigenvalue weighted by Crippen LogP contribution is 2.34. The highest BCUT2D eigenvalue weighted by atomic mass is 28.2. The zero-order valence-electron chi connectivity index (χ0n) is 3.48. The maximum absolute atomic E-state index is 5.16. The monoisotopic (exact) mass is 98.0 g/mol. The fraction of sp³-hybridized carbons (Fsp3) is 1.00. The predicted octanol–water partition coefficient (Wildman–Crippen LogP) is 0.308. The van der Waals surface area contributed by atoms with E-state index in [0.29, 0.717) is 0 Å². The van der Waals surface area contributed by atoms with Crippen LogP contribution < -0.4 is 0 Å². The molecular formula is C4H6OSi. The molecule has 2 atom stereocenters. The third-order valence-electron chi connectivity index (χ3n) is 1.38. The fourth-order valence-electron chi connectivity index (χ4n) is 0.906. The summed E-state index contributed by atoms with van der Waals surface area (Å²) in [5.41, 5.74) is 0. The first-order valence-electron chi connectivity index (χ1n) is 2.33. The first kappa shape index (κ1) is 3.21. The Morgan fingerprint density at radius 2 is 2.00 bits per heavy atom. The molecule has 6 heavy (non-hydrogen) atoms. The van der Waals surface area contributed by atoms with Crippen molar-refractivity contribution < 1.29 is 4.74 Å². The van der Waals surface area contributed by atoms with Gasteiger partial charge in [0.05, 0.1) is 12.2 Å². The van der Waals surface area contributed by atoms with Gasteiger partial charge in [-0.25, -0.2) is 0 Å². The van der Waals surface area contributed by atoms with Crippen LogP contribution >= 0.6 is 0 Å². The van der Waals surface area contributed by atoms with E-state index < -0.39 is 0 Å². The Morgan fingerprint density at radius 1 is 1.33 bits per heavy atom. The van der Waals surface area contributed by atoms with Crippen LogP contribution in [-0.2, 0) is 4.74 Å². The first-order valence-corrected chi connectivity index (χ1v) is 3.74. The van der Waals surface area contributed by atoms with E-state index in [1.54, 1.807) is 0 Å². The van der Waals surface area contributed by atoms with Crippen molar-refractivity contribution in [2.75, 3.05) is 0 Å². The van der Waals surface area contributed by atoms with Crippen LogP contribution in [0.15, 0.2) is 0 Å². The van der Waals surface area contributed by atoms with Gasteiger partial charge in [-0.2, -0.15) is 0 Å². The van der Waals surface area contributed by atoms with Gasteiger partial charge in [-0.05, 0) is 12.1 Å². The van der Waals surface area contributed by atoms with E-state index in [0.717, 1.165) is 12.2 Å². The number of ether oxygens (including phenoxy) is 1. The summed E-state index contributed by atoms with van der Waals surface area (Å²) in [6.45, 7) is 0. The normalized spacial score (nSPS) is 52.0. The minimum Gasteiger partial charge on any atom is -0.370 e. The zero-order chi connectivity index (χ0) is 3.98. The summed E-state index contributed by atoms with van der Waals surface area (Å²) in [4.78, 5) is 0. The molecule has 0 bridgehead atoms. The van der Waals surface area contributed by atoms with E-state index in [9.17, 15) is 0 Å². The molecule has 0 saturated carbocycles. The predicted molar refractivity (Wildman–Crippen MR) is 24.0 cm³/mol. The van der Waals surface area contributed by atoms with E-state index >= 15 is 0 Å². The van der Waals surface area contributed by atoms with E-state index in [2.05, 4.69) is 0 Å². The van der Waals surface area contributed by atoms with Crippen molar-refractivity contribution in [3.8, 4) is 0 Å². The molecule has 2 radical (unpaired) electrons. The van der Waals surface area contributed by atoms with Gasteiger partial charge in [0.25, 0.3) is 0 Å². The molecule has 0 aromatic heterocycles. The largest absolute Gasteiger partial charge is 0.370 e. The second-order valence-corrected chi connectivity index (χ2v) is 3.19. The van der Waals surface area contributed by atoms with Crippen LogP contribution in [0, 0.1) is 0 Å². The van der Waals surface area contributed by atoms with Crippen molar-refractivity contribution in [3.63, 3.8) is 0 Å². The Bertz CT molecular complexity index is 65.9. The van der Waals surface area contributed by atoms with Gasteiger partial charge >= 0.3 is 0 Å². The van der Waals surface area contributed by atoms with E-state index in [1.807, 2.05) is 0 Å². The third kappa shape index (κ3) is 0.284. The Labute approximate surface area is 39.5 Å². The summed E-state index contributed by atoms with van der Waals surface area (Å²) in [5.74, 6) is 0. The molecule has 2 aliphatic rings. The molecule has 0 amide bonds. The second kappa shape index (κ2) is 0.872. The van der Waals surface area contributed by atoms with E-state index in [4.69, 9.17) is 4.74 Å². The molecular weight excluding hydrogens is 92.1 g/mol. The molecule has 0 aromatic rings. The number of epoxide rings is 1. The Morgan fingerprint density at radius 3 is 2.17 bits per heavy atom. The molecule has 2 aliphatic heterocycles. The van der Waals surface area contributed by atoms with Crippen LogP contribution in [0.2, 0.25) is 12.1 Å². The molecule has 2 heteroatoms. The first-order chi connectivity index (χ1) is 2.97. The van der Waals surface area contributed by atoms with Crippen LogP contribution in [-0.4, -0.2) is 21.7 Å². The van der Waals surface area contributed by atoms with Gasteiger partial charge in [0.15, 0.2) is 0 Å². The molecule has 1 nitrogen and oxygen atoms in total. The lowest BCUT2D eigenvalue weighted by atomic mass is 10.4. The molecule has 2 fully saturated rings. The quantitative estimate of drug-likeness (QED) is 0.314. The Hall–Kier alpha value is 0.177. The summed E-state index contributed by atoms with van der Waals surface area (Å²) >= 11 is 0. The highest BCUT2D eigenvalue weighted by Gasteiger charge is 2.42. The van der Waals surface area contributed by atoms with E-state index in [-0.39, 0.29) is 0 Å². The van der Waals surface area contributed by atoms with Crippen molar-refractivity contribution in [2.45, 2.75) is 24.3 Å². The fourth-order valence-corrected chi connectivity index (χ4v) is 2.36. The van der Waals surface area contributed by atoms with Crippen molar-refractivity contribution in [1.82, 2.24) is 0 Å². The summed E-state index contributed by atoms with van der Waals surface area (Å²) in [7, 11) is 1.21. The smallest absolute Gasteiger partial charge is 0.0811 e. The minimum absolute atomic E-state index is 0.725. The van der Waals surface area contributed by atoms with Crippen LogP contribution in [0.4, 0.5) is 0 Å². The van der Waals surface area contributed by atoms with Crippen molar-refractivity contribution in [2.24, 2.45) is 0 Å². The molecule has 0 spiro atoms. The maximum atomic E-state index is 5.16. The number of hydrogen-bond donors (Lipinski definition) is 0. The average molecular weight is 98.2 g/mol. The topological polar surface area (TPSA) is 12.5 Å². The van der Waals surface area contributed by atoms with Gasteiger partial charge in [-0.1, -0.05) is 0 Å². The minimum atomic E-state index is 0.725. The SMILES string of the molecule is C1[Si]CC2OC12. The van der Waals surface area contributed by atoms with Gasteiger partial charge in [-0.15, -0.1) is 0 Å². The number of rotatable bonds is 0. The standard InChI is InChI=1S/C4H6OSi/c1-3-4(5-3)2-6-1/h3-4H,1-2H2. The van der Waals surface area contributed by atoms with Crippen molar-refractivity contribution in [1.29, 1.82) is 0 Å². The third-order valence-corrected chi connectivity index (χ3v) is 2.76. The number of fused-ring (bicyclic) bond motifs is 1. The van der Waals surface area contributed by atoms with Crippen LogP contribution in [0.3, 0.4) is 0 Å². The van der Waals surface area contributed by atoms with Crippen LogP contribution in [0.1, 0.15) is 0 Å². The van der Waals surface area contributed by atoms with Gasteiger partial charge in [0.1, 0.15) is 0 Å². The molecule has 0 aromatic carbocycles. The highest BCUT2D eigenvalue weighted by molar-refractivity contribution is 6.37. The zero-order valence-corrected chi connectivity index (χ0v) is 4.48. The van der Waals surface area contributed by atoms with Crippen molar-refractivity contribution in [3.05, 3.63) is 0 Å². The molecule has 2 heterocycles. The molecule has 0 N–H and O–H groups in total. The maximum Gasteiger partial charge on any atom is 0.0811 e. The molecule has 32 valence electrons. The average Bonchev–Trinajstić information content (AvgIpc) is 2.17. The summed E-state index contributed by atoms with van der Waals surface area (Å²) in [6.07, 6.45) is 1.45. The van der Waals surface area contributed by atoms with Gasteiger partial charge in [-0.3, -0.25) is 0 Å². The summed E-state index contributed by atoms with van der Waals surface area (Å²) in [6, 6.07) is 2.73. The Kier molecular flexibility index (Phi) is 0.467. The number of hydrogen-bond acceptors (Lipinski definition) is 1. The second-order valence-electron chi connectivity index (χ2n) is 1.87. The lowest BCUT2D eigenvalue weighted by Gasteiger charge is -1.80. The lowest BCUT2D eigenvalue weighted by Crippen LogP contribution is -1.83. The summed E-state index contributed by atoms with van der Waals surface area (Å²) in [5, 5.41) is 0. The molecule has 2 unspecified atom stereocenters. The van der Waals surface area contributed by atoms with Gasteiger partial charge in [0, 0.05) is 9.52 Å². The van der Waals surface area contributed by atoms with Crippen LogP contribution in [0.25, 0.3) is 0 Å².